The van der Waals surface area contributed by atoms with Gasteiger partial charge in [0, 0.05) is 19.3 Å². The molecule has 0 atom stereocenters. The number of alkyl halides is 3. The van der Waals surface area contributed by atoms with Crippen LogP contribution in [0.4, 0.5) is 18.9 Å². The van der Waals surface area contributed by atoms with Gasteiger partial charge in [-0.3, -0.25) is 4.79 Å². The quantitative estimate of drug-likeness (QED) is 0.660. The van der Waals surface area contributed by atoms with Crippen LogP contribution in [0.3, 0.4) is 0 Å². The third-order valence-electron chi connectivity index (χ3n) is 4.53. The van der Waals surface area contributed by atoms with Crippen molar-refractivity contribution >= 4 is 21.6 Å². The van der Waals surface area contributed by atoms with E-state index >= 15 is 0 Å². The Labute approximate surface area is 177 Å². The molecular weight excluding hydrogens is 439 g/mol. The molecule has 0 aliphatic carbocycles. The van der Waals surface area contributed by atoms with E-state index in [0.717, 1.165) is 24.3 Å². The van der Waals surface area contributed by atoms with Crippen LogP contribution in [0.15, 0.2) is 35.4 Å². The van der Waals surface area contributed by atoms with Crippen LogP contribution >= 0.6 is 0 Å². The zero-order valence-electron chi connectivity index (χ0n) is 16.7. The molecule has 8 nitrogen and oxygen atoms in total. The summed E-state index contributed by atoms with van der Waals surface area (Å²) in [6.45, 7) is 3.01. The summed E-state index contributed by atoms with van der Waals surface area (Å²) < 4.78 is 76.4. The van der Waals surface area contributed by atoms with Gasteiger partial charge >= 0.3 is 6.18 Å². The fraction of sp³-hybridized carbons (Fsp3) is 0.421. The van der Waals surface area contributed by atoms with Crippen molar-refractivity contribution in [2.24, 2.45) is 0 Å². The minimum Gasteiger partial charge on any atom is -0.491 e. The van der Waals surface area contributed by atoms with Gasteiger partial charge in [-0.25, -0.2) is 8.42 Å². The predicted octanol–water partition coefficient (Wildman–Crippen LogP) is 3.10. The molecule has 1 fully saturated rings. The molecule has 1 aliphatic rings. The van der Waals surface area contributed by atoms with E-state index in [2.05, 4.69) is 10.3 Å². The highest BCUT2D eigenvalue weighted by molar-refractivity contribution is 7.89. The zero-order valence-corrected chi connectivity index (χ0v) is 17.5. The maximum atomic E-state index is 13.1. The number of amides is 1. The highest BCUT2D eigenvalue weighted by Crippen LogP contribution is 2.35. The van der Waals surface area contributed by atoms with Crippen LogP contribution < -0.4 is 10.1 Å². The molecule has 0 unspecified atom stereocenters. The lowest BCUT2D eigenvalue weighted by molar-refractivity contribution is -0.137. The van der Waals surface area contributed by atoms with Gasteiger partial charge < -0.3 is 19.8 Å². The number of nitrogens with one attached hydrogen (secondary N) is 2. The topological polar surface area (TPSA) is 101 Å². The molecular formula is C19H22F3N3O5S. The summed E-state index contributed by atoms with van der Waals surface area (Å²) in [6.07, 6.45) is -2.82. The smallest absolute Gasteiger partial charge is 0.416 e. The van der Waals surface area contributed by atoms with Crippen molar-refractivity contribution in [3.63, 3.8) is 0 Å². The van der Waals surface area contributed by atoms with Crippen LogP contribution in [-0.2, 0) is 20.9 Å². The van der Waals surface area contributed by atoms with Gasteiger partial charge in [-0.1, -0.05) is 6.92 Å². The summed E-state index contributed by atoms with van der Waals surface area (Å²) in [4.78, 5) is 15.1. The first-order valence-electron chi connectivity index (χ1n) is 9.54. The van der Waals surface area contributed by atoms with Crippen molar-refractivity contribution in [1.29, 1.82) is 0 Å². The fourth-order valence-electron chi connectivity index (χ4n) is 2.92. The van der Waals surface area contributed by atoms with Crippen LogP contribution in [0.5, 0.6) is 5.75 Å². The standard InChI is InChI=1S/C19H22F3N3O5S/c1-2-7-30-17-4-3-13(19(20,21)22)10-15(17)24-18(26)16-11-14(12-23-16)31(27,28)25-5-8-29-9-6-25/h3-4,10-12,23H,2,5-9H2,1H3,(H,24,26). The minimum absolute atomic E-state index is 0.0796. The van der Waals surface area contributed by atoms with E-state index in [-0.39, 0.29) is 54.9 Å². The highest BCUT2D eigenvalue weighted by Gasteiger charge is 2.32. The van der Waals surface area contributed by atoms with Gasteiger partial charge in [0.2, 0.25) is 10.0 Å². The maximum Gasteiger partial charge on any atom is 0.416 e. The van der Waals surface area contributed by atoms with Crippen molar-refractivity contribution in [2.45, 2.75) is 24.4 Å². The number of aromatic amines is 1. The van der Waals surface area contributed by atoms with Gasteiger partial charge in [-0.2, -0.15) is 17.5 Å². The number of hydrogen-bond acceptors (Lipinski definition) is 5. The second kappa shape index (κ2) is 9.28. The van der Waals surface area contributed by atoms with Crippen molar-refractivity contribution in [2.75, 3.05) is 38.2 Å². The Bertz CT molecular complexity index is 1030. The Morgan fingerprint density at radius 2 is 1.97 bits per heavy atom. The molecule has 1 aromatic heterocycles. The Morgan fingerprint density at radius 3 is 2.61 bits per heavy atom. The van der Waals surface area contributed by atoms with Crippen LogP contribution in [0.1, 0.15) is 29.4 Å². The first kappa shape index (κ1) is 23.1. The van der Waals surface area contributed by atoms with Gasteiger partial charge in [0.1, 0.15) is 16.3 Å². The Balaban J connectivity index is 1.83. The van der Waals surface area contributed by atoms with Gasteiger partial charge in [-0.15, -0.1) is 0 Å². The number of ether oxygens (including phenoxy) is 2. The Kier molecular flexibility index (Phi) is 6.92. The number of anilines is 1. The van der Waals surface area contributed by atoms with Crippen molar-refractivity contribution < 1.29 is 35.9 Å². The number of morpholine rings is 1. The maximum absolute atomic E-state index is 13.1. The van der Waals surface area contributed by atoms with Gasteiger partial charge in [-0.05, 0) is 30.7 Å². The van der Waals surface area contributed by atoms with Crippen LogP contribution in [-0.4, -0.2) is 56.5 Å². The number of benzene rings is 1. The van der Waals surface area contributed by atoms with E-state index in [9.17, 15) is 26.4 Å². The number of carbonyl (C=O) groups excluding carboxylic acids is 1. The molecule has 0 radical (unpaired) electrons. The van der Waals surface area contributed by atoms with Gasteiger partial charge in [0.05, 0.1) is 31.1 Å². The number of halogens is 3. The number of sulfonamides is 1. The molecule has 2 heterocycles. The van der Waals surface area contributed by atoms with E-state index in [4.69, 9.17) is 9.47 Å². The number of nitrogens with zero attached hydrogens (tertiary/aromatic N) is 1. The molecule has 1 saturated heterocycles. The number of aromatic nitrogens is 1. The summed E-state index contributed by atoms with van der Waals surface area (Å²) >= 11 is 0. The molecule has 31 heavy (non-hydrogen) atoms. The molecule has 0 spiro atoms. The molecule has 2 N–H and O–H groups in total. The average Bonchev–Trinajstić information content (AvgIpc) is 3.24. The van der Waals surface area contributed by atoms with Crippen molar-refractivity contribution in [1.82, 2.24) is 9.29 Å². The number of hydrogen-bond donors (Lipinski definition) is 2. The van der Waals surface area contributed by atoms with E-state index in [0.29, 0.717) is 6.42 Å². The largest absolute Gasteiger partial charge is 0.491 e. The molecule has 3 rings (SSSR count). The third kappa shape index (κ3) is 5.38. The normalized spacial score (nSPS) is 15.6. The van der Waals surface area contributed by atoms with E-state index in [1.807, 2.05) is 6.92 Å². The van der Waals surface area contributed by atoms with Crippen LogP contribution in [0, 0.1) is 0 Å². The lowest BCUT2D eigenvalue weighted by atomic mass is 10.1. The first-order valence-corrected chi connectivity index (χ1v) is 11.0. The van der Waals surface area contributed by atoms with Gasteiger partial charge in [0.15, 0.2) is 0 Å². The SMILES string of the molecule is CCCOc1ccc(C(F)(F)F)cc1NC(=O)c1cc(S(=O)(=O)N2CCOCC2)c[nH]1. The van der Waals surface area contributed by atoms with Crippen LogP contribution in [0.25, 0.3) is 0 Å². The second-order valence-electron chi connectivity index (χ2n) is 6.78. The molecule has 0 bridgehead atoms. The molecule has 170 valence electrons. The zero-order chi connectivity index (χ0) is 22.6. The highest BCUT2D eigenvalue weighted by atomic mass is 32.2. The lowest BCUT2D eigenvalue weighted by Crippen LogP contribution is -2.40. The van der Waals surface area contributed by atoms with Crippen LogP contribution in [0.2, 0.25) is 0 Å². The Hall–Kier alpha value is -2.57. The molecule has 1 aliphatic heterocycles. The number of rotatable bonds is 7. The molecule has 12 heteroatoms. The van der Waals surface area contributed by atoms with E-state index in [1.165, 1.54) is 10.5 Å². The minimum atomic E-state index is -4.60. The summed E-state index contributed by atoms with van der Waals surface area (Å²) in [6, 6.07) is 3.91. The number of carbonyl (C=O) groups is 1. The van der Waals surface area contributed by atoms with Crippen molar-refractivity contribution in [3.05, 3.63) is 41.7 Å². The number of H-pyrrole nitrogens is 1. The molecule has 2 aromatic rings. The Morgan fingerprint density at radius 1 is 1.26 bits per heavy atom. The molecule has 0 saturated carbocycles. The lowest BCUT2D eigenvalue weighted by Gasteiger charge is -2.25. The predicted molar refractivity (Wildman–Crippen MR) is 106 cm³/mol. The summed E-state index contributed by atoms with van der Waals surface area (Å²) in [7, 11) is -3.83. The second-order valence-corrected chi connectivity index (χ2v) is 8.71. The molecule has 1 aromatic carbocycles. The van der Waals surface area contributed by atoms with E-state index < -0.39 is 27.7 Å². The summed E-state index contributed by atoms with van der Waals surface area (Å²) in [5, 5.41) is 2.37. The van der Waals surface area contributed by atoms with E-state index in [1.54, 1.807) is 0 Å². The average molecular weight is 461 g/mol. The third-order valence-corrected chi connectivity index (χ3v) is 6.40. The monoisotopic (exact) mass is 461 g/mol. The summed E-state index contributed by atoms with van der Waals surface area (Å²) in [5.74, 6) is -0.722. The van der Waals surface area contributed by atoms with Crippen molar-refractivity contribution in [3.8, 4) is 5.75 Å². The summed E-state index contributed by atoms with van der Waals surface area (Å²) in [5.41, 5.74) is -1.24. The molecule has 1 amide bonds. The first-order chi connectivity index (χ1) is 14.6. The van der Waals surface area contributed by atoms with Gasteiger partial charge in [0.25, 0.3) is 5.91 Å². The fourth-order valence-corrected chi connectivity index (χ4v) is 4.32.